The number of aromatic amines is 1. The molecule has 2 rings (SSSR count). The lowest BCUT2D eigenvalue weighted by atomic mass is 10.1. The fraction of sp³-hybridized carbons (Fsp3) is 0.773. The molecule has 1 fully saturated rings. The van der Waals surface area contributed by atoms with Crippen molar-refractivity contribution in [3.8, 4) is 0 Å². The number of nitrogens with one attached hydrogen (secondary N) is 1. The minimum atomic E-state index is -0.507. The maximum Gasteiger partial charge on any atom is 0.330 e. The van der Waals surface area contributed by atoms with Crippen LogP contribution in [0.25, 0.3) is 0 Å². The summed E-state index contributed by atoms with van der Waals surface area (Å²) in [5, 5.41) is 0. The summed E-state index contributed by atoms with van der Waals surface area (Å²) in [5.41, 5.74) is -0.442. The highest BCUT2D eigenvalue weighted by atomic mass is 16.6. The largest absolute Gasteiger partial charge is 0.463 e. The Hall–Kier alpha value is -1.93. The lowest BCUT2D eigenvalue weighted by Gasteiger charge is -2.24. The quantitative estimate of drug-likeness (QED) is 0.410. The number of unbranched alkanes of at least 4 members (excludes halogenated alkanes) is 6. The number of H-pyrrole nitrogens is 1. The lowest BCUT2D eigenvalue weighted by molar-refractivity contribution is -0.149. The number of aromatic nitrogens is 2. The first-order valence-corrected chi connectivity index (χ1v) is 11.1. The number of hydrogen-bond acceptors (Lipinski definition) is 6. The van der Waals surface area contributed by atoms with Gasteiger partial charge in [0.25, 0.3) is 5.56 Å². The van der Waals surface area contributed by atoms with Gasteiger partial charge in [-0.1, -0.05) is 45.4 Å². The average molecular weight is 424 g/mol. The van der Waals surface area contributed by atoms with Gasteiger partial charge in [-0.3, -0.25) is 19.1 Å². The molecule has 1 aliphatic rings. The van der Waals surface area contributed by atoms with Crippen LogP contribution in [0.5, 0.6) is 0 Å². The molecule has 1 aliphatic heterocycles. The third-order valence-corrected chi connectivity index (χ3v) is 5.72. The van der Waals surface area contributed by atoms with E-state index in [0.717, 1.165) is 19.3 Å². The Morgan fingerprint density at radius 3 is 2.53 bits per heavy atom. The standard InChI is InChI=1S/C22H37N3O5/c1-5-6-7-8-9-10-11-12-20(26)29-15-18-17(24(3)4)13-19(30-18)25-14-16(2)21(27)23-22(25)28/h14,17-19H,5-13,15H2,1-4H3,(H,23,27,28)/t17-,18+,19+/m0/s1. The van der Waals surface area contributed by atoms with Crippen LogP contribution in [0.3, 0.4) is 0 Å². The van der Waals surface area contributed by atoms with E-state index in [0.29, 0.717) is 18.4 Å². The fourth-order valence-corrected chi connectivity index (χ4v) is 3.85. The molecule has 30 heavy (non-hydrogen) atoms. The molecule has 2 heterocycles. The van der Waals surface area contributed by atoms with Gasteiger partial charge in [0, 0.05) is 30.6 Å². The molecule has 0 spiro atoms. The van der Waals surface area contributed by atoms with Crippen LogP contribution in [0.1, 0.15) is 76.5 Å². The minimum Gasteiger partial charge on any atom is -0.463 e. The Bertz CT molecular complexity index is 786. The minimum absolute atomic E-state index is 0.000463. The second-order valence-electron chi connectivity index (χ2n) is 8.43. The normalized spacial score (nSPS) is 21.3. The van der Waals surface area contributed by atoms with Gasteiger partial charge in [0.05, 0.1) is 0 Å². The van der Waals surface area contributed by atoms with Crippen molar-refractivity contribution in [2.24, 2.45) is 0 Å². The van der Waals surface area contributed by atoms with E-state index in [4.69, 9.17) is 9.47 Å². The Kier molecular flexibility index (Phi) is 9.78. The topological polar surface area (TPSA) is 93.6 Å². The molecule has 0 amide bonds. The highest BCUT2D eigenvalue weighted by Gasteiger charge is 2.38. The third kappa shape index (κ3) is 7.09. The maximum atomic E-state index is 12.2. The number of hydrogen-bond donors (Lipinski definition) is 1. The van der Waals surface area contributed by atoms with Crippen LogP contribution in [0, 0.1) is 6.92 Å². The summed E-state index contributed by atoms with van der Waals surface area (Å²) in [6.45, 7) is 4.01. The average Bonchev–Trinajstić information content (AvgIpc) is 3.13. The Morgan fingerprint density at radius 2 is 1.87 bits per heavy atom. The number of esters is 1. The molecule has 8 heteroatoms. The predicted octanol–water partition coefficient (Wildman–Crippen LogP) is 2.75. The van der Waals surface area contributed by atoms with Gasteiger partial charge >= 0.3 is 11.7 Å². The summed E-state index contributed by atoms with van der Waals surface area (Å²) >= 11 is 0. The third-order valence-electron chi connectivity index (χ3n) is 5.72. The van der Waals surface area contributed by atoms with Crippen LogP contribution in [0.15, 0.2) is 15.8 Å². The van der Waals surface area contributed by atoms with Crippen molar-refractivity contribution in [3.63, 3.8) is 0 Å². The second-order valence-corrected chi connectivity index (χ2v) is 8.43. The van der Waals surface area contributed by atoms with Crippen molar-refractivity contribution in [1.29, 1.82) is 0 Å². The van der Waals surface area contributed by atoms with Crippen LogP contribution in [-0.4, -0.2) is 53.3 Å². The van der Waals surface area contributed by atoms with Crippen molar-refractivity contribution in [2.45, 2.75) is 90.0 Å². The van der Waals surface area contributed by atoms with Crippen molar-refractivity contribution in [1.82, 2.24) is 14.5 Å². The van der Waals surface area contributed by atoms with Crippen molar-refractivity contribution >= 4 is 5.97 Å². The molecule has 8 nitrogen and oxygen atoms in total. The predicted molar refractivity (Wildman–Crippen MR) is 116 cm³/mol. The first kappa shape index (κ1) is 24.3. The first-order chi connectivity index (χ1) is 14.3. The van der Waals surface area contributed by atoms with E-state index in [-0.39, 0.29) is 24.7 Å². The van der Waals surface area contributed by atoms with Crippen molar-refractivity contribution in [3.05, 3.63) is 32.6 Å². The molecule has 1 aromatic heterocycles. The smallest absolute Gasteiger partial charge is 0.330 e. The van der Waals surface area contributed by atoms with Crippen LogP contribution in [0.2, 0.25) is 0 Å². The zero-order valence-corrected chi connectivity index (χ0v) is 18.8. The second kappa shape index (κ2) is 12.1. The summed E-state index contributed by atoms with van der Waals surface area (Å²) in [6.07, 6.45) is 9.76. The molecule has 1 aromatic rings. The van der Waals surface area contributed by atoms with E-state index in [1.165, 1.54) is 36.4 Å². The number of ether oxygens (including phenoxy) is 2. The molecule has 0 saturated carbocycles. The number of carbonyl (C=O) groups is 1. The lowest BCUT2D eigenvalue weighted by Crippen LogP contribution is -2.38. The van der Waals surface area contributed by atoms with Gasteiger partial charge < -0.3 is 14.4 Å². The summed E-state index contributed by atoms with van der Waals surface area (Å²) in [5.74, 6) is -0.204. The molecule has 0 radical (unpaired) electrons. The molecule has 1 N–H and O–H groups in total. The monoisotopic (exact) mass is 423 g/mol. The number of rotatable bonds is 12. The van der Waals surface area contributed by atoms with E-state index in [1.54, 1.807) is 6.92 Å². The molecule has 1 saturated heterocycles. The van der Waals surface area contributed by atoms with Crippen LogP contribution < -0.4 is 11.2 Å². The SMILES string of the molecule is CCCCCCCCCC(=O)OC[C@H]1O[C@@H](n2cc(C)c(=O)[nH]c2=O)C[C@@H]1N(C)C. The van der Waals surface area contributed by atoms with Gasteiger partial charge in [-0.05, 0) is 27.4 Å². The number of likely N-dealkylation sites (N-methyl/N-ethyl adjacent to an activating group) is 1. The summed E-state index contributed by atoms with van der Waals surface area (Å²) in [4.78, 5) is 40.2. The van der Waals surface area contributed by atoms with E-state index < -0.39 is 17.5 Å². The zero-order chi connectivity index (χ0) is 22.1. The Balaban J connectivity index is 1.83. The molecule has 0 aromatic carbocycles. The molecular weight excluding hydrogens is 386 g/mol. The highest BCUT2D eigenvalue weighted by Crippen LogP contribution is 2.30. The summed E-state index contributed by atoms with van der Waals surface area (Å²) in [7, 11) is 3.87. The molecule has 3 atom stereocenters. The highest BCUT2D eigenvalue weighted by molar-refractivity contribution is 5.69. The van der Waals surface area contributed by atoms with E-state index in [9.17, 15) is 14.4 Å². The van der Waals surface area contributed by atoms with Crippen molar-refractivity contribution < 1.29 is 14.3 Å². The number of carbonyl (C=O) groups excluding carboxylic acids is 1. The number of aryl methyl sites for hydroxylation is 1. The van der Waals surface area contributed by atoms with Gasteiger partial charge in [0.15, 0.2) is 0 Å². The molecule has 0 bridgehead atoms. The van der Waals surface area contributed by atoms with Gasteiger partial charge in [0.1, 0.15) is 18.9 Å². The van der Waals surface area contributed by atoms with E-state index >= 15 is 0 Å². The Labute approximate surface area is 178 Å². The van der Waals surface area contributed by atoms with E-state index in [1.807, 2.05) is 19.0 Å². The molecule has 0 unspecified atom stereocenters. The van der Waals surface area contributed by atoms with Gasteiger partial charge in [-0.25, -0.2) is 4.79 Å². The molecule has 170 valence electrons. The number of nitrogens with zero attached hydrogens (tertiary/aromatic N) is 2. The fourth-order valence-electron chi connectivity index (χ4n) is 3.85. The van der Waals surface area contributed by atoms with Gasteiger partial charge in [-0.15, -0.1) is 0 Å². The van der Waals surface area contributed by atoms with Gasteiger partial charge in [-0.2, -0.15) is 0 Å². The van der Waals surface area contributed by atoms with Gasteiger partial charge in [0.2, 0.25) is 0 Å². The molecular formula is C22H37N3O5. The van der Waals surface area contributed by atoms with Crippen LogP contribution >= 0.6 is 0 Å². The first-order valence-electron chi connectivity index (χ1n) is 11.1. The summed E-state index contributed by atoms with van der Waals surface area (Å²) in [6, 6.07) is 0.000463. The zero-order valence-electron chi connectivity index (χ0n) is 18.8. The van der Waals surface area contributed by atoms with Crippen molar-refractivity contribution in [2.75, 3.05) is 20.7 Å². The Morgan fingerprint density at radius 1 is 1.20 bits per heavy atom. The molecule has 0 aliphatic carbocycles. The van der Waals surface area contributed by atoms with Crippen LogP contribution in [0.4, 0.5) is 0 Å². The van der Waals surface area contributed by atoms with E-state index in [2.05, 4.69) is 11.9 Å². The summed E-state index contributed by atoms with van der Waals surface area (Å²) < 4.78 is 12.9. The van der Waals surface area contributed by atoms with Crippen LogP contribution in [-0.2, 0) is 14.3 Å². The maximum absolute atomic E-state index is 12.2.